The fraction of sp³-hybridized carbons (Fsp3) is 0.375. The SMILES string of the molecule is C#CC1=NC(C)=CN(C)C1. The highest BCUT2D eigenvalue weighted by molar-refractivity contribution is 6.02. The molecule has 2 nitrogen and oxygen atoms in total. The molecule has 1 rings (SSSR count). The van der Waals surface area contributed by atoms with E-state index in [1.54, 1.807) is 0 Å². The van der Waals surface area contributed by atoms with E-state index in [4.69, 9.17) is 6.42 Å². The van der Waals surface area contributed by atoms with Crippen LogP contribution in [0.4, 0.5) is 0 Å². The third kappa shape index (κ3) is 1.38. The Morgan fingerprint density at radius 1 is 1.80 bits per heavy atom. The monoisotopic (exact) mass is 134 g/mol. The molecule has 0 amide bonds. The summed E-state index contributed by atoms with van der Waals surface area (Å²) in [5.74, 6) is 2.53. The number of hydrogen-bond donors (Lipinski definition) is 0. The molecule has 0 aromatic heterocycles. The minimum Gasteiger partial charge on any atom is -0.372 e. The van der Waals surface area contributed by atoms with Gasteiger partial charge in [0.05, 0.1) is 12.2 Å². The first-order chi connectivity index (χ1) is 4.72. The van der Waals surface area contributed by atoms with Gasteiger partial charge >= 0.3 is 0 Å². The first-order valence-electron chi connectivity index (χ1n) is 3.15. The molecule has 0 spiro atoms. The highest BCUT2D eigenvalue weighted by Gasteiger charge is 2.04. The van der Waals surface area contributed by atoms with Gasteiger partial charge in [-0.3, -0.25) is 0 Å². The van der Waals surface area contributed by atoms with Crippen LogP contribution in [0.1, 0.15) is 6.92 Å². The van der Waals surface area contributed by atoms with Crippen molar-refractivity contribution in [1.29, 1.82) is 0 Å². The van der Waals surface area contributed by atoms with Gasteiger partial charge in [-0.25, -0.2) is 4.99 Å². The second-order valence-electron chi connectivity index (χ2n) is 2.39. The lowest BCUT2D eigenvalue weighted by atomic mass is 10.3. The minimum atomic E-state index is 0.758. The van der Waals surface area contributed by atoms with Crippen molar-refractivity contribution in [3.8, 4) is 12.3 Å². The number of hydrogen-bond acceptors (Lipinski definition) is 2. The lowest BCUT2D eigenvalue weighted by Gasteiger charge is -2.17. The molecule has 1 aliphatic rings. The summed E-state index contributed by atoms with van der Waals surface area (Å²) in [4.78, 5) is 6.18. The third-order valence-electron chi connectivity index (χ3n) is 1.28. The van der Waals surface area contributed by atoms with Crippen molar-refractivity contribution in [2.45, 2.75) is 6.92 Å². The first-order valence-corrected chi connectivity index (χ1v) is 3.15. The summed E-state index contributed by atoms with van der Waals surface area (Å²) in [7, 11) is 1.98. The van der Waals surface area contributed by atoms with Crippen LogP contribution in [0, 0.1) is 12.3 Å². The predicted molar refractivity (Wildman–Crippen MR) is 42.7 cm³/mol. The molecule has 2 heteroatoms. The average Bonchev–Trinajstić information content (AvgIpc) is 1.85. The first kappa shape index (κ1) is 6.88. The fourth-order valence-corrected chi connectivity index (χ4v) is 0.956. The van der Waals surface area contributed by atoms with Crippen LogP contribution in [-0.4, -0.2) is 24.2 Å². The highest BCUT2D eigenvalue weighted by atomic mass is 15.1. The van der Waals surface area contributed by atoms with Gasteiger partial charge < -0.3 is 4.90 Å². The van der Waals surface area contributed by atoms with E-state index in [-0.39, 0.29) is 0 Å². The van der Waals surface area contributed by atoms with Crippen LogP contribution >= 0.6 is 0 Å². The lowest BCUT2D eigenvalue weighted by molar-refractivity contribution is 0.512. The van der Waals surface area contributed by atoms with Gasteiger partial charge in [0.1, 0.15) is 5.71 Å². The van der Waals surface area contributed by atoms with E-state index < -0.39 is 0 Å². The van der Waals surface area contributed by atoms with Crippen LogP contribution in [0.15, 0.2) is 16.9 Å². The van der Waals surface area contributed by atoms with E-state index in [0.717, 1.165) is 18.0 Å². The van der Waals surface area contributed by atoms with Crippen molar-refractivity contribution in [2.24, 2.45) is 4.99 Å². The second-order valence-corrected chi connectivity index (χ2v) is 2.39. The number of allylic oxidation sites excluding steroid dienone is 1. The molecule has 0 radical (unpaired) electrons. The normalized spacial score (nSPS) is 17.5. The summed E-state index contributed by atoms with van der Waals surface area (Å²) in [6, 6.07) is 0. The highest BCUT2D eigenvalue weighted by Crippen LogP contribution is 2.04. The van der Waals surface area contributed by atoms with E-state index in [9.17, 15) is 0 Å². The van der Waals surface area contributed by atoms with Crippen molar-refractivity contribution in [3.05, 3.63) is 11.9 Å². The summed E-state index contributed by atoms with van der Waals surface area (Å²) in [6.07, 6.45) is 7.17. The Morgan fingerprint density at radius 3 is 3.00 bits per heavy atom. The Kier molecular flexibility index (Phi) is 1.77. The van der Waals surface area contributed by atoms with Crippen molar-refractivity contribution < 1.29 is 0 Å². The quantitative estimate of drug-likeness (QED) is 0.449. The van der Waals surface area contributed by atoms with E-state index in [2.05, 4.69) is 10.9 Å². The van der Waals surface area contributed by atoms with Gasteiger partial charge in [0.15, 0.2) is 0 Å². The predicted octanol–water partition coefficient (Wildman–Crippen LogP) is 0.867. The van der Waals surface area contributed by atoms with Crippen LogP contribution in [0.5, 0.6) is 0 Å². The Labute approximate surface area is 61.3 Å². The zero-order chi connectivity index (χ0) is 7.56. The van der Waals surface area contributed by atoms with E-state index in [0.29, 0.717) is 0 Å². The number of rotatable bonds is 0. The zero-order valence-corrected chi connectivity index (χ0v) is 6.26. The molecule has 0 atom stereocenters. The van der Waals surface area contributed by atoms with Crippen molar-refractivity contribution in [2.75, 3.05) is 13.6 Å². The molecule has 0 saturated heterocycles. The second kappa shape index (κ2) is 2.57. The van der Waals surface area contributed by atoms with Gasteiger partial charge in [0.2, 0.25) is 0 Å². The van der Waals surface area contributed by atoms with Crippen LogP contribution in [0.25, 0.3) is 0 Å². The van der Waals surface area contributed by atoms with Gasteiger partial charge in [0, 0.05) is 13.2 Å². The van der Waals surface area contributed by atoms with Gasteiger partial charge in [-0.2, -0.15) is 0 Å². The third-order valence-corrected chi connectivity index (χ3v) is 1.28. The topological polar surface area (TPSA) is 15.6 Å². The van der Waals surface area contributed by atoms with Crippen LogP contribution in [0.3, 0.4) is 0 Å². The van der Waals surface area contributed by atoms with Gasteiger partial charge in [-0.05, 0) is 6.92 Å². The molecule has 0 unspecified atom stereocenters. The smallest absolute Gasteiger partial charge is 0.109 e. The largest absolute Gasteiger partial charge is 0.372 e. The Bertz CT molecular complexity index is 230. The minimum absolute atomic E-state index is 0.758. The maximum absolute atomic E-state index is 5.19. The van der Waals surface area contributed by atoms with Crippen LogP contribution in [-0.2, 0) is 0 Å². The summed E-state index contributed by atoms with van der Waals surface area (Å²) < 4.78 is 0. The molecule has 0 aromatic rings. The molecule has 0 bridgehead atoms. The maximum atomic E-state index is 5.19. The molecule has 10 heavy (non-hydrogen) atoms. The van der Waals surface area contributed by atoms with Gasteiger partial charge in [-0.1, -0.05) is 5.92 Å². The summed E-state index contributed by atoms with van der Waals surface area (Å²) in [5.41, 5.74) is 1.78. The van der Waals surface area contributed by atoms with E-state index in [1.807, 2.05) is 25.1 Å². The van der Waals surface area contributed by atoms with Gasteiger partial charge in [-0.15, -0.1) is 6.42 Å². The summed E-state index contributed by atoms with van der Waals surface area (Å²) in [6.45, 7) is 2.70. The lowest BCUT2D eigenvalue weighted by Crippen LogP contribution is -2.23. The number of terminal acetylenes is 1. The fourth-order valence-electron chi connectivity index (χ4n) is 0.956. The molecular formula is C8H10N2. The zero-order valence-electron chi connectivity index (χ0n) is 6.26. The molecule has 0 N–H and O–H groups in total. The molecule has 0 fully saturated rings. The van der Waals surface area contributed by atoms with E-state index in [1.165, 1.54) is 0 Å². The maximum Gasteiger partial charge on any atom is 0.109 e. The Morgan fingerprint density at radius 2 is 2.50 bits per heavy atom. The number of nitrogens with zero attached hydrogens (tertiary/aromatic N) is 2. The molecule has 1 heterocycles. The summed E-state index contributed by atoms with van der Waals surface area (Å²) in [5, 5.41) is 0. The van der Waals surface area contributed by atoms with Gasteiger partial charge in [0.25, 0.3) is 0 Å². The Hall–Kier alpha value is -1.23. The molecule has 52 valence electrons. The van der Waals surface area contributed by atoms with Crippen LogP contribution < -0.4 is 0 Å². The average molecular weight is 134 g/mol. The number of aliphatic imine (C=N–C) groups is 1. The van der Waals surface area contributed by atoms with Crippen molar-refractivity contribution >= 4 is 5.71 Å². The van der Waals surface area contributed by atoms with Crippen LogP contribution in [0.2, 0.25) is 0 Å². The summed E-state index contributed by atoms with van der Waals surface area (Å²) >= 11 is 0. The molecule has 0 aromatic carbocycles. The van der Waals surface area contributed by atoms with E-state index >= 15 is 0 Å². The molecule has 1 aliphatic heterocycles. The molecule has 0 saturated carbocycles. The van der Waals surface area contributed by atoms with Crippen molar-refractivity contribution in [3.63, 3.8) is 0 Å². The Balaban J connectivity index is 2.83. The molecular weight excluding hydrogens is 124 g/mol. The van der Waals surface area contributed by atoms with Crippen molar-refractivity contribution in [1.82, 2.24) is 4.90 Å². The molecule has 0 aliphatic carbocycles. The standard InChI is InChI=1S/C8H10N2/c1-4-8-6-10(3)5-7(2)9-8/h1,5H,6H2,2-3H3.